The van der Waals surface area contributed by atoms with Crippen molar-refractivity contribution in [2.75, 3.05) is 0 Å². The number of aromatic carboxylic acids is 1. The number of carbonyl (C=O) groups excluding carboxylic acids is 1. The summed E-state index contributed by atoms with van der Waals surface area (Å²) in [6.45, 7) is 0. The Balaban J connectivity index is 0.00000210. The number of hydrogen-bond acceptors (Lipinski definition) is 2. The van der Waals surface area contributed by atoms with Gasteiger partial charge < -0.3 is 14.5 Å². The maximum atomic E-state index is 11.7. The number of nitrogens with zero attached hydrogens (tertiary/aromatic N) is 1. The molecule has 1 aromatic heterocycles. The van der Waals surface area contributed by atoms with Crippen LogP contribution in [0.25, 0.3) is 28.2 Å². The third kappa shape index (κ3) is 3.76. The Morgan fingerprint density at radius 1 is 0.630 bits per heavy atom. The van der Waals surface area contributed by atoms with Gasteiger partial charge in [-0.2, -0.15) is 0 Å². The molecule has 0 N–H and O–H groups in total. The average molecular weight is 361 g/mol. The molecule has 0 unspecified atom stereocenters. The molecule has 0 bridgehead atoms. The van der Waals surface area contributed by atoms with Crippen LogP contribution in [0.2, 0.25) is 0 Å². The predicted octanol–water partition coefficient (Wildman–Crippen LogP) is 1.18. The van der Waals surface area contributed by atoms with E-state index < -0.39 is 5.97 Å². The number of para-hydroxylation sites is 1. The van der Waals surface area contributed by atoms with Crippen molar-refractivity contribution in [1.82, 2.24) is 4.57 Å². The number of benzene rings is 3. The topological polar surface area (TPSA) is 45.1 Å². The van der Waals surface area contributed by atoms with Gasteiger partial charge in [0.2, 0.25) is 0 Å². The Morgan fingerprint density at radius 2 is 1.07 bits per heavy atom. The molecule has 3 aromatic carbocycles. The van der Waals surface area contributed by atoms with Crippen molar-refractivity contribution in [2.45, 2.75) is 0 Å². The van der Waals surface area contributed by atoms with Crippen molar-refractivity contribution in [2.24, 2.45) is 0 Å². The summed E-state index contributed by atoms with van der Waals surface area (Å²) < 4.78 is 1.98. The minimum atomic E-state index is -1.19. The van der Waals surface area contributed by atoms with Crippen LogP contribution in [0.4, 0.5) is 0 Å². The van der Waals surface area contributed by atoms with Crippen LogP contribution in [-0.4, -0.2) is 10.5 Å². The second-order valence-corrected chi connectivity index (χ2v) is 5.98. The van der Waals surface area contributed by atoms with E-state index in [1.54, 1.807) is 12.1 Å². The molecule has 0 fully saturated rings. The SMILES string of the molecule is O=C([O-])c1ccccc1-n1c(-c2ccccc2)ccc1-c1ccccc1.[Na+]. The van der Waals surface area contributed by atoms with E-state index in [0.29, 0.717) is 5.69 Å². The molecule has 0 saturated heterocycles. The normalized spacial score (nSPS) is 10.2. The zero-order chi connectivity index (χ0) is 17.9. The summed E-state index contributed by atoms with van der Waals surface area (Å²) in [6, 6.07) is 30.8. The molecule has 4 rings (SSSR count). The molecule has 1 heterocycles. The summed E-state index contributed by atoms with van der Waals surface area (Å²) in [5.41, 5.74) is 4.65. The summed E-state index contributed by atoms with van der Waals surface area (Å²) >= 11 is 0. The third-order valence-corrected chi connectivity index (χ3v) is 4.38. The van der Waals surface area contributed by atoms with Gasteiger partial charge in [0, 0.05) is 5.56 Å². The zero-order valence-corrected chi connectivity index (χ0v) is 17.0. The van der Waals surface area contributed by atoms with Crippen molar-refractivity contribution in [3.05, 3.63) is 103 Å². The molecule has 0 aliphatic rings. The molecule has 0 saturated carbocycles. The number of carboxylic acids is 1. The van der Waals surface area contributed by atoms with E-state index in [1.807, 2.05) is 89.5 Å². The van der Waals surface area contributed by atoms with E-state index in [9.17, 15) is 9.90 Å². The van der Waals surface area contributed by atoms with Crippen LogP contribution >= 0.6 is 0 Å². The second kappa shape index (κ2) is 8.40. The van der Waals surface area contributed by atoms with Gasteiger partial charge in [0.25, 0.3) is 0 Å². The number of aromatic nitrogens is 1. The molecule has 3 nitrogen and oxygen atoms in total. The maximum absolute atomic E-state index is 11.7. The number of carboxylic acid groups (broad SMARTS) is 1. The summed E-state index contributed by atoms with van der Waals surface area (Å²) in [5.74, 6) is -1.19. The fourth-order valence-electron chi connectivity index (χ4n) is 3.21. The summed E-state index contributed by atoms with van der Waals surface area (Å²) in [6.07, 6.45) is 0. The van der Waals surface area contributed by atoms with Crippen LogP contribution in [0.15, 0.2) is 97.1 Å². The van der Waals surface area contributed by atoms with Gasteiger partial charge >= 0.3 is 29.6 Å². The van der Waals surface area contributed by atoms with Crippen molar-refractivity contribution in [3.8, 4) is 28.2 Å². The van der Waals surface area contributed by atoms with Crippen molar-refractivity contribution >= 4 is 5.97 Å². The monoisotopic (exact) mass is 361 g/mol. The van der Waals surface area contributed by atoms with E-state index in [2.05, 4.69) is 0 Å². The summed E-state index contributed by atoms with van der Waals surface area (Å²) in [5, 5.41) is 11.7. The van der Waals surface area contributed by atoms with Crippen molar-refractivity contribution in [1.29, 1.82) is 0 Å². The van der Waals surface area contributed by atoms with Gasteiger partial charge in [0.15, 0.2) is 0 Å². The van der Waals surface area contributed by atoms with E-state index in [-0.39, 0.29) is 35.1 Å². The first kappa shape index (κ1) is 19.2. The second-order valence-electron chi connectivity index (χ2n) is 5.98. The molecule has 0 aliphatic carbocycles. The van der Waals surface area contributed by atoms with Gasteiger partial charge in [-0.15, -0.1) is 0 Å². The van der Waals surface area contributed by atoms with Gasteiger partial charge in [0.1, 0.15) is 0 Å². The molecule has 0 atom stereocenters. The molecular formula is C23H16NNaO2. The Labute approximate surface area is 180 Å². The van der Waals surface area contributed by atoms with Gasteiger partial charge in [0.05, 0.1) is 23.0 Å². The minimum Gasteiger partial charge on any atom is -0.545 e. The Hall–Kier alpha value is -2.59. The quantitative estimate of drug-likeness (QED) is 0.513. The average Bonchev–Trinajstić information content (AvgIpc) is 3.14. The van der Waals surface area contributed by atoms with Gasteiger partial charge in [-0.05, 0) is 29.3 Å². The van der Waals surface area contributed by atoms with Gasteiger partial charge in [-0.3, -0.25) is 0 Å². The Kier molecular flexibility index (Phi) is 5.97. The van der Waals surface area contributed by atoms with Gasteiger partial charge in [-0.25, -0.2) is 0 Å². The summed E-state index contributed by atoms with van der Waals surface area (Å²) in [4.78, 5) is 11.7. The van der Waals surface area contributed by atoms with Crippen LogP contribution in [0.3, 0.4) is 0 Å². The minimum absolute atomic E-state index is 0. The molecule has 126 valence electrons. The molecule has 4 heteroatoms. The first-order chi connectivity index (χ1) is 12.8. The maximum Gasteiger partial charge on any atom is 1.00 e. The van der Waals surface area contributed by atoms with E-state index >= 15 is 0 Å². The zero-order valence-electron chi connectivity index (χ0n) is 15.0. The fraction of sp³-hybridized carbons (Fsp3) is 0. The first-order valence-corrected chi connectivity index (χ1v) is 8.39. The number of carbonyl (C=O) groups is 1. The van der Waals surface area contributed by atoms with E-state index in [1.165, 1.54) is 0 Å². The predicted molar refractivity (Wildman–Crippen MR) is 101 cm³/mol. The van der Waals surface area contributed by atoms with Crippen LogP contribution < -0.4 is 34.7 Å². The Bertz CT molecular complexity index is 999. The molecular weight excluding hydrogens is 345 g/mol. The van der Waals surface area contributed by atoms with E-state index in [0.717, 1.165) is 22.5 Å². The van der Waals surface area contributed by atoms with Crippen molar-refractivity contribution < 1.29 is 39.5 Å². The Morgan fingerprint density at radius 3 is 1.56 bits per heavy atom. The first-order valence-electron chi connectivity index (χ1n) is 8.39. The van der Waals surface area contributed by atoms with Crippen LogP contribution in [0, 0.1) is 0 Å². The molecule has 0 radical (unpaired) electrons. The fourth-order valence-corrected chi connectivity index (χ4v) is 3.21. The molecule has 0 spiro atoms. The molecule has 0 amide bonds. The van der Waals surface area contributed by atoms with Gasteiger partial charge in [-0.1, -0.05) is 78.9 Å². The number of hydrogen-bond donors (Lipinski definition) is 0. The largest absolute Gasteiger partial charge is 1.00 e. The smallest absolute Gasteiger partial charge is 0.545 e. The summed E-state index contributed by atoms with van der Waals surface area (Å²) in [7, 11) is 0. The van der Waals surface area contributed by atoms with Crippen LogP contribution in [-0.2, 0) is 0 Å². The standard InChI is InChI=1S/C23H17NO2.Na/c25-23(26)19-13-7-8-14-22(19)24-20(17-9-3-1-4-10-17)15-16-21(24)18-11-5-2-6-12-18;/h1-16H,(H,25,26);/q;+1/p-1. The third-order valence-electron chi connectivity index (χ3n) is 4.38. The van der Waals surface area contributed by atoms with Crippen LogP contribution in [0.5, 0.6) is 0 Å². The van der Waals surface area contributed by atoms with E-state index in [4.69, 9.17) is 0 Å². The van der Waals surface area contributed by atoms with Crippen LogP contribution in [0.1, 0.15) is 10.4 Å². The van der Waals surface area contributed by atoms with Crippen molar-refractivity contribution in [3.63, 3.8) is 0 Å². The molecule has 0 aliphatic heterocycles. The molecule has 4 aromatic rings. The number of rotatable bonds is 4. The molecule has 27 heavy (non-hydrogen) atoms.